The van der Waals surface area contributed by atoms with Gasteiger partial charge >= 0.3 is 0 Å². The van der Waals surface area contributed by atoms with E-state index in [4.69, 9.17) is 4.98 Å². The van der Waals surface area contributed by atoms with E-state index in [1.165, 1.54) is 28.8 Å². The topological polar surface area (TPSA) is 34.0 Å². The average molecular weight is 334 g/mol. The van der Waals surface area contributed by atoms with Crippen LogP contribution in [0.5, 0.6) is 0 Å². The number of benzene rings is 1. The lowest BCUT2D eigenvalue weighted by atomic mass is 10.0. The molecule has 3 heterocycles. The van der Waals surface area contributed by atoms with Gasteiger partial charge < -0.3 is 4.90 Å². The zero-order valence-corrected chi connectivity index (χ0v) is 15.2. The third kappa shape index (κ3) is 3.39. The summed E-state index contributed by atoms with van der Waals surface area (Å²) < 4.78 is 1.90. The number of hydrogen-bond acceptors (Lipinski definition) is 3. The Labute approximate surface area is 149 Å². The summed E-state index contributed by atoms with van der Waals surface area (Å²) in [5.74, 6) is 0.700. The Hall–Kier alpha value is -2.36. The first-order valence-electron chi connectivity index (χ1n) is 9.34. The predicted molar refractivity (Wildman–Crippen MR) is 103 cm³/mol. The quantitative estimate of drug-likeness (QED) is 0.707. The van der Waals surface area contributed by atoms with Crippen LogP contribution in [0.3, 0.4) is 0 Å². The van der Waals surface area contributed by atoms with E-state index in [0.717, 1.165) is 37.9 Å². The first-order chi connectivity index (χ1) is 12.2. The normalized spacial score (nSPS) is 17.5. The highest BCUT2D eigenvalue weighted by atomic mass is 15.2. The van der Waals surface area contributed by atoms with Gasteiger partial charge in [0.25, 0.3) is 0 Å². The zero-order chi connectivity index (χ0) is 17.2. The van der Waals surface area contributed by atoms with Crippen molar-refractivity contribution < 1.29 is 0 Å². The van der Waals surface area contributed by atoms with Gasteiger partial charge in [0, 0.05) is 43.1 Å². The highest BCUT2D eigenvalue weighted by Gasteiger charge is 2.25. The van der Waals surface area contributed by atoms with Gasteiger partial charge in [0.1, 0.15) is 0 Å². The van der Waals surface area contributed by atoms with Gasteiger partial charge in [-0.1, -0.05) is 31.5 Å². The number of fused-ring (bicyclic) bond motifs is 1. The monoisotopic (exact) mass is 334 g/mol. The van der Waals surface area contributed by atoms with Gasteiger partial charge in [-0.3, -0.25) is 9.67 Å². The molecular weight excluding hydrogens is 308 g/mol. The van der Waals surface area contributed by atoms with Crippen molar-refractivity contribution in [2.75, 3.05) is 18.0 Å². The molecule has 0 aliphatic carbocycles. The molecule has 0 amide bonds. The fourth-order valence-electron chi connectivity index (χ4n) is 3.98. The Morgan fingerprint density at radius 3 is 2.92 bits per heavy atom. The van der Waals surface area contributed by atoms with E-state index in [-0.39, 0.29) is 0 Å². The van der Waals surface area contributed by atoms with Crippen molar-refractivity contribution in [2.45, 2.75) is 32.6 Å². The van der Waals surface area contributed by atoms with Crippen molar-refractivity contribution in [3.63, 3.8) is 0 Å². The molecule has 1 unspecified atom stereocenters. The fraction of sp³-hybridized carbons (Fsp3) is 0.429. The summed E-state index contributed by atoms with van der Waals surface area (Å²) in [5, 5.41) is 5.59. The van der Waals surface area contributed by atoms with E-state index in [1.54, 1.807) is 0 Å². The van der Waals surface area contributed by atoms with E-state index in [1.807, 2.05) is 17.9 Å². The lowest BCUT2D eigenvalue weighted by molar-refractivity contribution is 0.586. The van der Waals surface area contributed by atoms with Crippen molar-refractivity contribution in [1.82, 2.24) is 14.8 Å². The van der Waals surface area contributed by atoms with Crippen molar-refractivity contribution in [3.8, 4) is 0 Å². The Balaban J connectivity index is 1.59. The van der Waals surface area contributed by atoms with E-state index in [2.05, 4.69) is 53.5 Å². The molecule has 3 aromatic rings. The van der Waals surface area contributed by atoms with Crippen molar-refractivity contribution in [3.05, 3.63) is 54.0 Å². The molecule has 4 rings (SSSR count). The fourth-order valence-corrected chi connectivity index (χ4v) is 3.98. The Morgan fingerprint density at radius 2 is 2.12 bits per heavy atom. The molecule has 0 bridgehead atoms. The van der Waals surface area contributed by atoms with Crippen molar-refractivity contribution in [2.24, 2.45) is 13.0 Å². The molecule has 0 N–H and O–H groups in total. The molecule has 1 aliphatic rings. The lowest BCUT2D eigenvalue weighted by Crippen LogP contribution is -2.21. The maximum absolute atomic E-state index is 4.85. The van der Waals surface area contributed by atoms with Crippen LogP contribution < -0.4 is 4.90 Å². The molecule has 0 spiro atoms. The van der Waals surface area contributed by atoms with Gasteiger partial charge in [0.2, 0.25) is 0 Å². The number of rotatable bonds is 5. The molecule has 4 heteroatoms. The second-order valence-corrected chi connectivity index (χ2v) is 7.23. The number of aromatic nitrogens is 3. The standard InChI is InChI=1S/C21H26N4/c1-3-6-18-12-21(19-7-4-5-8-20(19)23-18)25-10-9-16(15-25)11-17-13-22-24(2)14-17/h4-5,7-8,12-14,16H,3,6,9-11,15H2,1-2H3. The molecule has 1 aromatic carbocycles. The van der Waals surface area contributed by atoms with Crippen LogP contribution in [0.25, 0.3) is 10.9 Å². The third-order valence-electron chi connectivity index (χ3n) is 5.16. The van der Waals surface area contributed by atoms with Crippen LogP contribution >= 0.6 is 0 Å². The molecule has 25 heavy (non-hydrogen) atoms. The molecule has 1 saturated heterocycles. The maximum atomic E-state index is 4.85. The molecule has 1 aliphatic heterocycles. The van der Waals surface area contributed by atoms with Crippen LogP contribution in [-0.2, 0) is 19.9 Å². The first-order valence-corrected chi connectivity index (χ1v) is 9.34. The van der Waals surface area contributed by atoms with Crippen LogP contribution in [0.15, 0.2) is 42.7 Å². The highest BCUT2D eigenvalue weighted by Crippen LogP contribution is 2.32. The summed E-state index contributed by atoms with van der Waals surface area (Å²) in [5.41, 5.74) is 5.05. The summed E-state index contributed by atoms with van der Waals surface area (Å²) >= 11 is 0. The van der Waals surface area contributed by atoms with Crippen LogP contribution in [0.2, 0.25) is 0 Å². The number of pyridine rings is 1. The minimum Gasteiger partial charge on any atom is -0.371 e. The van der Waals surface area contributed by atoms with Crippen LogP contribution in [0.1, 0.15) is 31.0 Å². The number of aryl methyl sites for hydroxylation is 2. The van der Waals surface area contributed by atoms with E-state index in [9.17, 15) is 0 Å². The largest absolute Gasteiger partial charge is 0.371 e. The van der Waals surface area contributed by atoms with Gasteiger partial charge in [-0.2, -0.15) is 5.10 Å². The van der Waals surface area contributed by atoms with Gasteiger partial charge in [0.15, 0.2) is 0 Å². The molecule has 2 aromatic heterocycles. The van der Waals surface area contributed by atoms with Gasteiger partial charge in [-0.15, -0.1) is 0 Å². The summed E-state index contributed by atoms with van der Waals surface area (Å²) in [7, 11) is 1.99. The number of anilines is 1. The summed E-state index contributed by atoms with van der Waals surface area (Å²) in [6, 6.07) is 10.9. The van der Waals surface area contributed by atoms with Gasteiger partial charge in [0.05, 0.1) is 11.7 Å². The van der Waals surface area contributed by atoms with E-state index < -0.39 is 0 Å². The van der Waals surface area contributed by atoms with Crippen LogP contribution in [0, 0.1) is 5.92 Å². The molecule has 0 radical (unpaired) electrons. The van der Waals surface area contributed by atoms with Gasteiger partial charge in [-0.25, -0.2) is 0 Å². The number of hydrogen-bond donors (Lipinski definition) is 0. The van der Waals surface area contributed by atoms with Gasteiger partial charge in [-0.05, 0) is 42.9 Å². The van der Waals surface area contributed by atoms with Crippen molar-refractivity contribution >= 4 is 16.6 Å². The number of para-hydroxylation sites is 1. The first kappa shape index (κ1) is 16.1. The molecule has 1 atom stereocenters. The third-order valence-corrected chi connectivity index (χ3v) is 5.16. The number of nitrogens with zero attached hydrogens (tertiary/aromatic N) is 4. The molecular formula is C21H26N4. The summed E-state index contributed by atoms with van der Waals surface area (Å²) in [6.07, 6.45) is 8.69. The minimum atomic E-state index is 0.700. The molecule has 130 valence electrons. The SMILES string of the molecule is CCCc1cc(N2CCC(Cc3cnn(C)c3)C2)c2ccccc2n1. The Bertz CT molecular complexity index is 867. The minimum absolute atomic E-state index is 0.700. The average Bonchev–Trinajstić information content (AvgIpc) is 3.24. The Morgan fingerprint density at radius 1 is 1.24 bits per heavy atom. The highest BCUT2D eigenvalue weighted by molar-refractivity contribution is 5.92. The van der Waals surface area contributed by atoms with Crippen LogP contribution in [-0.4, -0.2) is 27.9 Å². The smallest absolute Gasteiger partial charge is 0.0726 e. The second kappa shape index (κ2) is 6.87. The summed E-state index contributed by atoms with van der Waals surface area (Å²) in [6.45, 7) is 4.47. The lowest BCUT2D eigenvalue weighted by Gasteiger charge is -2.21. The van der Waals surface area contributed by atoms with E-state index >= 15 is 0 Å². The zero-order valence-electron chi connectivity index (χ0n) is 15.2. The Kier molecular flexibility index (Phi) is 4.43. The maximum Gasteiger partial charge on any atom is 0.0726 e. The second-order valence-electron chi connectivity index (χ2n) is 7.23. The van der Waals surface area contributed by atoms with Crippen LogP contribution in [0.4, 0.5) is 5.69 Å². The molecule has 4 nitrogen and oxygen atoms in total. The van der Waals surface area contributed by atoms with Crippen molar-refractivity contribution in [1.29, 1.82) is 0 Å². The summed E-state index contributed by atoms with van der Waals surface area (Å²) in [4.78, 5) is 7.41. The molecule has 0 saturated carbocycles. The van der Waals surface area contributed by atoms with E-state index in [0.29, 0.717) is 5.92 Å². The molecule has 1 fully saturated rings. The predicted octanol–water partition coefficient (Wildman–Crippen LogP) is 3.99.